The number of nitrogens with one attached hydrogen (secondary N) is 1. The Morgan fingerprint density at radius 1 is 1.10 bits per heavy atom. The maximum absolute atomic E-state index is 12.6. The number of hydrogen-bond donors (Lipinski definition) is 1. The summed E-state index contributed by atoms with van der Waals surface area (Å²) in [5, 5.41) is 6.62. The van der Waals surface area contributed by atoms with E-state index in [1.54, 1.807) is 19.1 Å². The van der Waals surface area contributed by atoms with Crippen molar-refractivity contribution in [2.45, 2.75) is 26.4 Å². The van der Waals surface area contributed by atoms with E-state index in [1.165, 1.54) is 14.2 Å². The number of carbonyl (C=O) groups excluding carboxylic acids is 1. The van der Waals surface area contributed by atoms with Gasteiger partial charge in [-0.1, -0.05) is 35.5 Å². The molecule has 1 N–H and O–H groups in total. The molecule has 1 aromatic heterocycles. The summed E-state index contributed by atoms with van der Waals surface area (Å²) in [4.78, 5) is 16.7. The molecule has 0 atom stereocenters. The van der Waals surface area contributed by atoms with Crippen molar-refractivity contribution >= 4 is 5.91 Å². The van der Waals surface area contributed by atoms with E-state index in [0.717, 1.165) is 5.56 Å². The van der Waals surface area contributed by atoms with E-state index in [4.69, 9.17) is 18.7 Å². The minimum Gasteiger partial charge on any atom is -0.493 e. The van der Waals surface area contributed by atoms with E-state index in [9.17, 15) is 4.79 Å². The summed E-state index contributed by atoms with van der Waals surface area (Å²) < 4.78 is 21.9. The van der Waals surface area contributed by atoms with Crippen LogP contribution in [-0.2, 0) is 13.0 Å². The van der Waals surface area contributed by atoms with Crippen LogP contribution in [0, 0.1) is 6.92 Å². The summed E-state index contributed by atoms with van der Waals surface area (Å²) in [6.45, 7) is 2.59. The molecule has 8 nitrogen and oxygen atoms in total. The zero-order valence-electron chi connectivity index (χ0n) is 17.3. The highest BCUT2D eigenvalue weighted by Gasteiger charge is 2.18. The van der Waals surface area contributed by atoms with Crippen molar-refractivity contribution in [3.05, 3.63) is 65.3 Å². The Hall–Kier alpha value is -3.55. The first kappa shape index (κ1) is 21.2. The van der Waals surface area contributed by atoms with Crippen molar-refractivity contribution in [2.75, 3.05) is 20.8 Å². The van der Waals surface area contributed by atoms with E-state index >= 15 is 0 Å². The summed E-state index contributed by atoms with van der Waals surface area (Å²) in [7, 11) is 3.05. The molecule has 0 aliphatic carbocycles. The SMILES string of the molecule is COc1cc(C(=O)NCCCc2nc(C)no2)cc(OC)c1OCc1ccccc1. The predicted molar refractivity (Wildman–Crippen MR) is 110 cm³/mol. The summed E-state index contributed by atoms with van der Waals surface area (Å²) in [5.74, 6) is 2.23. The Morgan fingerprint density at radius 3 is 2.40 bits per heavy atom. The van der Waals surface area contributed by atoms with E-state index in [2.05, 4.69) is 15.5 Å². The van der Waals surface area contributed by atoms with Gasteiger partial charge in [0.15, 0.2) is 17.3 Å². The second kappa shape index (κ2) is 10.3. The molecule has 0 saturated carbocycles. The number of hydrogen-bond acceptors (Lipinski definition) is 7. The highest BCUT2D eigenvalue weighted by Crippen LogP contribution is 2.39. The first-order chi connectivity index (χ1) is 14.6. The molecule has 0 radical (unpaired) electrons. The topological polar surface area (TPSA) is 95.7 Å². The van der Waals surface area contributed by atoms with Gasteiger partial charge in [-0.2, -0.15) is 4.98 Å². The lowest BCUT2D eigenvalue weighted by atomic mass is 10.1. The molecule has 3 rings (SSSR count). The van der Waals surface area contributed by atoms with Crippen molar-refractivity contribution in [2.24, 2.45) is 0 Å². The molecule has 1 heterocycles. The molecule has 0 aliphatic rings. The van der Waals surface area contributed by atoms with Crippen LogP contribution >= 0.6 is 0 Å². The Kier molecular flexibility index (Phi) is 7.26. The molecule has 0 bridgehead atoms. The normalized spacial score (nSPS) is 10.5. The van der Waals surface area contributed by atoms with E-state index < -0.39 is 0 Å². The predicted octanol–water partition coefficient (Wildman–Crippen LogP) is 3.34. The van der Waals surface area contributed by atoms with Crippen LogP contribution in [0.15, 0.2) is 47.0 Å². The van der Waals surface area contributed by atoms with Crippen LogP contribution in [0.2, 0.25) is 0 Å². The van der Waals surface area contributed by atoms with Crippen LogP contribution < -0.4 is 19.5 Å². The number of rotatable bonds is 10. The van der Waals surface area contributed by atoms with Gasteiger partial charge < -0.3 is 24.1 Å². The highest BCUT2D eigenvalue weighted by atomic mass is 16.5. The third-order valence-electron chi connectivity index (χ3n) is 4.37. The van der Waals surface area contributed by atoms with Crippen LogP contribution in [0.5, 0.6) is 17.2 Å². The summed E-state index contributed by atoms with van der Waals surface area (Å²) in [6, 6.07) is 13.0. The van der Waals surface area contributed by atoms with Gasteiger partial charge in [0.05, 0.1) is 14.2 Å². The molecule has 0 unspecified atom stereocenters. The average Bonchev–Trinajstić information content (AvgIpc) is 3.20. The molecule has 2 aromatic carbocycles. The number of nitrogens with zero attached hydrogens (tertiary/aromatic N) is 2. The van der Waals surface area contributed by atoms with Crippen molar-refractivity contribution in [1.82, 2.24) is 15.5 Å². The molecule has 0 fully saturated rings. The van der Waals surface area contributed by atoms with E-state index in [-0.39, 0.29) is 5.91 Å². The van der Waals surface area contributed by atoms with Gasteiger partial charge in [-0.25, -0.2) is 0 Å². The molecule has 0 aliphatic heterocycles. The maximum Gasteiger partial charge on any atom is 0.251 e. The second-order valence-corrected chi connectivity index (χ2v) is 6.58. The van der Waals surface area contributed by atoms with E-state index in [1.807, 2.05) is 30.3 Å². The third-order valence-corrected chi connectivity index (χ3v) is 4.37. The standard InChI is InChI=1S/C22H25N3O5/c1-15-24-20(30-25-15)10-7-11-23-22(26)17-12-18(27-2)21(19(13-17)28-3)29-14-16-8-5-4-6-9-16/h4-6,8-9,12-13H,7,10-11,14H2,1-3H3,(H,23,26). The van der Waals surface area contributed by atoms with Gasteiger partial charge in [-0.3, -0.25) is 4.79 Å². The number of amides is 1. The molecule has 158 valence electrons. The maximum atomic E-state index is 12.6. The number of benzene rings is 2. The first-order valence-corrected chi connectivity index (χ1v) is 9.61. The minimum absolute atomic E-state index is 0.233. The number of carbonyl (C=O) groups is 1. The number of aromatic nitrogens is 2. The third kappa shape index (κ3) is 5.50. The quantitative estimate of drug-likeness (QED) is 0.511. The van der Waals surface area contributed by atoms with Gasteiger partial charge in [0.1, 0.15) is 6.61 Å². The smallest absolute Gasteiger partial charge is 0.251 e. The van der Waals surface area contributed by atoms with Crippen LogP contribution in [0.25, 0.3) is 0 Å². The molecule has 0 saturated heterocycles. The van der Waals surface area contributed by atoms with Gasteiger partial charge in [0.25, 0.3) is 5.91 Å². The van der Waals surface area contributed by atoms with Gasteiger partial charge >= 0.3 is 0 Å². The Balaban J connectivity index is 1.63. The Bertz CT molecular complexity index is 947. The molecule has 30 heavy (non-hydrogen) atoms. The van der Waals surface area contributed by atoms with Crippen molar-refractivity contribution in [3.8, 4) is 17.2 Å². The van der Waals surface area contributed by atoms with Crippen molar-refractivity contribution < 1.29 is 23.5 Å². The van der Waals surface area contributed by atoms with Crippen molar-refractivity contribution in [1.29, 1.82) is 0 Å². The summed E-state index contributed by atoms with van der Waals surface area (Å²) >= 11 is 0. The van der Waals surface area contributed by atoms with Crippen LogP contribution in [0.4, 0.5) is 0 Å². The van der Waals surface area contributed by atoms with Crippen LogP contribution in [0.3, 0.4) is 0 Å². The fourth-order valence-corrected chi connectivity index (χ4v) is 2.87. The van der Waals surface area contributed by atoms with Gasteiger partial charge in [-0.05, 0) is 31.0 Å². The van der Waals surface area contributed by atoms with Gasteiger partial charge in [-0.15, -0.1) is 0 Å². The molecule has 8 heteroatoms. The lowest BCUT2D eigenvalue weighted by Crippen LogP contribution is -2.25. The Labute approximate surface area is 175 Å². The number of ether oxygens (including phenoxy) is 3. The highest BCUT2D eigenvalue weighted by molar-refractivity contribution is 5.95. The fourth-order valence-electron chi connectivity index (χ4n) is 2.87. The van der Waals surface area contributed by atoms with Crippen LogP contribution in [0.1, 0.15) is 34.1 Å². The zero-order chi connectivity index (χ0) is 21.3. The first-order valence-electron chi connectivity index (χ1n) is 9.61. The number of aryl methyl sites for hydroxylation is 2. The summed E-state index contributed by atoms with van der Waals surface area (Å²) in [5.41, 5.74) is 1.43. The molecule has 1 amide bonds. The second-order valence-electron chi connectivity index (χ2n) is 6.58. The van der Waals surface area contributed by atoms with Gasteiger partial charge in [0.2, 0.25) is 11.6 Å². The molecular weight excluding hydrogens is 386 g/mol. The summed E-state index contributed by atoms with van der Waals surface area (Å²) in [6.07, 6.45) is 1.28. The van der Waals surface area contributed by atoms with E-state index in [0.29, 0.717) is 60.5 Å². The monoisotopic (exact) mass is 411 g/mol. The van der Waals surface area contributed by atoms with Gasteiger partial charge in [0, 0.05) is 18.5 Å². The van der Waals surface area contributed by atoms with Crippen molar-refractivity contribution in [3.63, 3.8) is 0 Å². The molecule has 3 aromatic rings. The average molecular weight is 411 g/mol. The van der Waals surface area contributed by atoms with Crippen LogP contribution in [-0.4, -0.2) is 36.8 Å². The molecule has 0 spiro atoms. The zero-order valence-corrected chi connectivity index (χ0v) is 17.3. The Morgan fingerprint density at radius 2 is 1.80 bits per heavy atom. The lowest BCUT2D eigenvalue weighted by Gasteiger charge is -2.16. The lowest BCUT2D eigenvalue weighted by molar-refractivity contribution is 0.0952. The fraction of sp³-hybridized carbons (Fsp3) is 0.318. The largest absolute Gasteiger partial charge is 0.493 e. The molecular formula is C22H25N3O5. The minimum atomic E-state index is -0.233. The number of methoxy groups -OCH3 is 2.